The zero-order chi connectivity index (χ0) is 13.7. The van der Waals surface area contributed by atoms with E-state index in [1.54, 1.807) is 0 Å². The molecule has 0 aromatic carbocycles. The Morgan fingerprint density at radius 2 is 0.938 bits per heavy atom. The quantitative estimate of drug-likeness (QED) is 0.333. The third-order valence-corrected chi connectivity index (χ3v) is 0.585. The molecule has 0 radical (unpaired) electrons. The lowest BCUT2D eigenvalue weighted by molar-refractivity contribution is -0.159. The second kappa shape index (κ2) is 12.4. The first-order valence-electron chi connectivity index (χ1n) is 3.48. The summed E-state index contributed by atoms with van der Waals surface area (Å²) in [6, 6.07) is 0. The van der Waals surface area contributed by atoms with Gasteiger partial charge in [0.05, 0.1) is 0 Å². The van der Waals surface area contributed by atoms with Crippen molar-refractivity contribution in [2.24, 2.45) is 11.5 Å². The molecule has 0 spiro atoms. The van der Waals surface area contributed by atoms with E-state index in [2.05, 4.69) is 24.6 Å². The van der Waals surface area contributed by atoms with Crippen molar-refractivity contribution in [2.45, 2.75) is 0 Å². The summed E-state index contributed by atoms with van der Waals surface area (Å²) < 4.78 is 0. The molecule has 8 nitrogen and oxygen atoms in total. The zero-order valence-electron chi connectivity index (χ0n) is 8.25. The van der Waals surface area contributed by atoms with Crippen molar-refractivity contribution in [3.8, 4) is 0 Å². The van der Waals surface area contributed by atoms with Gasteiger partial charge in [0.1, 0.15) is 0 Å². The minimum Gasteiger partial charge on any atom is -0.473 e. The van der Waals surface area contributed by atoms with Gasteiger partial charge in [0, 0.05) is 0 Å². The predicted molar refractivity (Wildman–Crippen MR) is 54.1 cm³/mol. The van der Waals surface area contributed by atoms with Crippen LogP contribution in [0.2, 0.25) is 0 Å². The highest BCUT2D eigenvalue weighted by Crippen LogP contribution is 1.56. The predicted octanol–water partition coefficient (Wildman–Crippen LogP) is -1.53. The largest absolute Gasteiger partial charge is 0.473 e. The van der Waals surface area contributed by atoms with E-state index in [0.717, 1.165) is 12.2 Å². The maximum Gasteiger partial charge on any atom is 0.414 e. The van der Waals surface area contributed by atoms with Crippen LogP contribution in [0.5, 0.6) is 0 Å². The summed E-state index contributed by atoms with van der Waals surface area (Å²) in [5, 5.41) is 14.8. The first-order valence-corrected chi connectivity index (χ1v) is 3.48. The Hall–Kier alpha value is -2.64. The SMILES string of the molecule is C=CC(N)=O.C=CC(N)=O.O=C(O)C(=O)O. The standard InChI is InChI=1S/2C3H5NO.C2H2O4/c2*1-2-3(4)5;3-1(4)2(5)6/h2*2H,1H2,(H2,4,5);(H,3,4)(H,5,6). The topological polar surface area (TPSA) is 161 Å². The zero-order valence-corrected chi connectivity index (χ0v) is 8.25. The Balaban J connectivity index is -0.000000160. The van der Waals surface area contributed by atoms with Crippen molar-refractivity contribution in [1.82, 2.24) is 0 Å². The Labute approximate surface area is 90.8 Å². The van der Waals surface area contributed by atoms with Crippen molar-refractivity contribution >= 4 is 23.8 Å². The molecule has 0 bridgehead atoms. The van der Waals surface area contributed by atoms with Crippen LogP contribution in [0, 0.1) is 0 Å². The molecule has 0 aromatic rings. The summed E-state index contributed by atoms with van der Waals surface area (Å²) in [5.41, 5.74) is 9.07. The molecule has 0 heterocycles. The summed E-state index contributed by atoms with van der Waals surface area (Å²) in [6.07, 6.45) is 2.11. The van der Waals surface area contributed by atoms with Crippen LogP contribution in [0.15, 0.2) is 25.3 Å². The van der Waals surface area contributed by atoms with Crippen molar-refractivity contribution < 1.29 is 29.4 Å². The maximum atomic E-state index is 9.47. The van der Waals surface area contributed by atoms with Gasteiger partial charge < -0.3 is 21.7 Å². The fourth-order valence-electron chi connectivity index (χ4n) is 0. The minimum absolute atomic E-state index is 0.481. The van der Waals surface area contributed by atoms with Gasteiger partial charge in [0.2, 0.25) is 11.8 Å². The second-order valence-electron chi connectivity index (χ2n) is 1.82. The van der Waals surface area contributed by atoms with E-state index in [1.165, 1.54) is 0 Å². The van der Waals surface area contributed by atoms with Gasteiger partial charge in [-0.1, -0.05) is 13.2 Å². The second-order valence-corrected chi connectivity index (χ2v) is 1.82. The number of hydrogen-bond donors (Lipinski definition) is 4. The van der Waals surface area contributed by atoms with Gasteiger partial charge in [-0.05, 0) is 12.2 Å². The van der Waals surface area contributed by atoms with Crippen LogP contribution < -0.4 is 11.5 Å². The number of hydrogen-bond acceptors (Lipinski definition) is 4. The number of nitrogens with two attached hydrogens (primary N) is 2. The van der Waals surface area contributed by atoms with Gasteiger partial charge >= 0.3 is 11.9 Å². The van der Waals surface area contributed by atoms with Crippen LogP contribution in [-0.4, -0.2) is 34.0 Å². The van der Waals surface area contributed by atoms with Crippen LogP contribution in [0.3, 0.4) is 0 Å². The van der Waals surface area contributed by atoms with Crippen LogP contribution >= 0.6 is 0 Å². The van der Waals surface area contributed by atoms with E-state index < -0.39 is 23.8 Å². The molecule has 0 rings (SSSR count). The first-order chi connectivity index (χ1) is 7.18. The summed E-state index contributed by atoms with van der Waals surface area (Å²) in [5.74, 6) is -4.61. The number of amides is 2. The summed E-state index contributed by atoms with van der Waals surface area (Å²) in [6.45, 7) is 6.17. The number of primary amides is 2. The van der Waals surface area contributed by atoms with E-state index >= 15 is 0 Å². The number of carbonyl (C=O) groups excluding carboxylic acids is 2. The highest BCUT2D eigenvalue weighted by atomic mass is 16.4. The first kappa shape index (κ1) is 19.0. The maximum absolute atomic E-state index is 9.47. The van der Waals surface area contributed by atoms with Gasteiger partial charge in [-0.2, -0.15) is 0 Å². The molecule has 0 saturated carbocycles. The monoisotopic (exact) mass is 232 g/mol. The molecule has 6 N–H and O–H groups in total. The number of aliphatic carboxylic acids is 2. The molecule has 90 valence electrons. The molecule has 0 aliphatic heterocycles. The molecule has 2 amide bonds. The fourth-order valence-corrected chi connectivity index (χ4v) is 0. The van der Waals surface area contributed by atoms with Gasteiger partial charge in [0.15, 0.2) is 0 Å². The molecule has 16 heavy (non-hydrogen) atoms. The molecular formula is C8H12N2O6. The van der Waals surface area contributed by atoms with Gasteiger partial charge in [0.25, 0.3) is 0 Å². The van der Waals surface area contributed by atoms with Crippen molar-refractivity contribution in [3.05, 3.63) is 25.3 Å². The van der Waals surface area contributed by atoms with Gasteiger partial charge in [-0.15, -0.1) is 0 Å². The van der Waals surface area contributed by atoms with E-state index in [4.69, 9.17) is 19.8 Å². The fraction of sp³-hybridized carbons (Fsp3) is 0. The van der Waals surface area contributed by atoms with E-state index in [9.17, 15) is 9.59 Å². The summed E-state index contributed by atoms with van der Waals surface area (Å²) in [7, 11) is 0. The Bertz CT molecular complexity index is 267. The van der Waals surface area contributed by atoms with E-state index in [-0.39, 0.29) is 0 Å². The summed E-state index contributed by atoms with van der Waals surface area (Å²) >= 11 is 0. The van der Waals surface area contributed by atoms with Crippen molar-refractivity contribution in [1.29, 1.82) is 0 Å². The highest BCUT2D eigenvalue weighted by molar-refractivity contribution is 6.27. The van der Waals surface area contributed by atoms with Gasteiger partial charge in [-0.3, -0.25) is 9.59 Å². The molecule has 0 aliphatic carbocycles. The van der Waals surface area contributed by atoms with Crippen LogP contribution in [0.1, 0.15) is 0 Å². The lowest BCUT2D eigenvalue weighted by atomic mass is 10.6. The molecule has 8 heteroatoms. The van der Waals surface area contributed by atoms with Crippen LogP contribution in [-0.2, 0) is 19.2 Å². The van der Waals surface area contributed by atoms with E-state index in [0.29, 0.717) is 0 Å². The van der Waals surface area contributed by atoms with Crippen LogP contribution in [0.4, 0.5) is 0 Å². The third kappa shape index (κ3) is 42.4. The highest BCUT2D eigenvalue weighted by Gasteiger charge is 2.04. The van der Waals surface area contributed by atoms with Crippen molar-refractivity contribution in [2.75, 3.05) is 0 Å². The normalized spacial score (nSPS) is 6.75. The average molecular weight is 232 g/mol. The average Bonchev–Trinajstić information content (AvgIpc) is 2.19. The lowest BCUT2D eigenvalue weighted by Gasteiger charge is -1.72. The lowest BCUT2D eigenvalue weighted by Crippen LogP contribution is -2.09. The minimum atomic E-state index is -1.82. The third-order valence-electron chi connectivity index (χ3n) is 0.585. The summed E-state index contributed by atoms with van der Waals surface area (Å²) in [4.78, 5) is 37.1. The molecule has 0 fully saturated rings. The molecular weight excluding hydrogens is 220 g/mol. The molecule has 0 unspecified atom stereocenters. The Morgan fingerprint density at radius 1 is 0.812 bits per heavy atom. The van der Waals surface area contributed by atoms with E-state index in [1.807, 2.05) is 0 Å². The number of rotatable bonds is 2. The Kier molecular flexibility index (Phi) is 14.7. The van der Waals surface area contributed by atoms with Crippen LogP contribution in [0.25, 0.3) is 0 Å². The smallest absolute Gasteiger partial charge is 0.414 e. The van der Waals surface area contributed by atoms with Gasteiger partial charge in [-0.25, -0.2) is 9.59 Å². The molecule has 0 atom stereocenters. The molecule has 0 aliphatic rings. The molecule has 0 aromatic heterocycles. The number of carboxylic acids is 2. The van der Waals surface area contributed by atoms with Crippen molar-refractivity contribution in [3.63, 3.8) is 0 Å². The number of carbonyl (C=O) groups is 4. The Morgan fingerprint density at radius 3 is 0.938 bits per heavy atom. The molecule has 0 saturated heterocycles. The number of carboxylic acid groups (broad SMARTS) is 2.